The topological polar surface area (TPSA) is 302 Å². The number of urea groups is 4. The molecule has 0 spiro atoms. The minimum Gasteiger partial charge on any atom is -0.423 e. The molecular weight excluding hydrogens is 933 g/mol. The van der Waals surface area contributed by atoms with Gasteiger partial charge in [0.05, 0.1) is 30.7 Å². The van der Waals surface area contributed by atoms with E-state index in [4.69, 9.17) is 15.9 Å². The molecule has 398 valence electrons. The molecule has 0 aliphatic carbocycles. The standard InChI is InChI=1S/C14H22N4O3.C13H22N4O2.C12H19N5O2.C8H13N3O2/c1-17-10-2-3-11(18(8-10)14(17)21)13(20)16-7-12(19)9-4-5-15-6-9;1-16-10-2-3-11(17(8-10)13(16)19)12(18)15-9-4-6-14-7-5-9;1-16-8-4-5-9(17(7-8)12(16)18)11-15-14-10(19-11)3-2-6-13;1-10-5-2-3-6(7(9)12)11(4-5)8(10)13/h9-11,15H,2-8H2,1H3,(H,16,20);9-11,14H,2-8H2,1H3,(H,15,18);8-9H,2-7,13H2,1H3;5-6H,2-4H2,1H3,(H2,9,12)/t9-,10-,11+;10-,11+;8-,9+;5-,6+/m1111/s1. The second kappa shape index (κ2) is 22.9. The molecular formula is C47H76N16O9. The van der Waals surface area contributed by atoms with Gasteiger partial charge in [0.25, 0.3) is 0 Å². The third-order valence-electron chi connectivity index (χ3n) is 16.5. The van der Waals surface area contributed by atoms with Crippen molar-refractivity contribution in [2.45, 2.75) is 138 Å². The number of aromatic nitrogens is 2. The van der Waals surface area contributed by atoms with E-state index in [1.807, 2.05) is 23.9 Å². The summed E-state index contributed by atoms with van der Waals surface area (Å²) < 4.78 is 5.67. The molecule has 0 radical (unpaired) electrons. The molecule has 10 aliphatic heterocycles. The van der Waals surface area contributed by atoms with Crippen molar-refractivity contribution < 1.29 is 42.8 Å². The second-order valence-corrected chi connectivity index (χ2v) is 20.9. The molecule has 10 fully saturated rings. The SMILES string of the molecule is CN1C(=O)N2C[C@H]1CC[C@H]2C(=O)NC1CCNCC1.CN1C(=O)N2C[C@H]1CC[C@H]2C(=O)NCC(=O)[C@@H]1CCNC1.CN1C(=O)N2C[C@H]1CC[C@H]2C(N)=O.CN1C(=O)N2C[C@H]1CC[C@H]2c1nnc(CCCN)o1. The fourth-order valence-electron chi connectivity index (χ4n) is 11.8. The first-order chi connectivity index (χ1) is 34.6. The third kappa shape index (κ3) is 11.2. The number of rotatable bonds is 11. The number of piperidine rings is 5. The summed E-state index contributed by atoms with van der Waals surface area (Å²) in [5, 5.41) is 20.4. The van der Waals surface area contributed by atoms with E-state index in [2.05, 4.69) is 31.5 Å². The number of carbonyl (C=O) groups is 8. The summed E-state index contributed by atoms with van der Waals surface area (Å²) in [4.78, 5) is 109. The Morgan fingerprint density at radius 2 is 1.10 bits per heavy atom. The molecule has 11 amide bonds. The van der Waals surface area contributed by atoms with Crippen LogP contribution in [0.2, 0.25) is 0 Å². The molecule has 1 aromatic rings. The summed E-state index contributed by atoms with van der Waals surface area (Å²) in [6, 6.07) is 0.215. The highest BCUT2D eigenvalue weighted by molar-refractivity contribution is 5.93. The van der Waals surface area contributed by atoms with Gasteiger partial charge < -0.3 is 76.4 Å². The lowest BCUT2D eigenvalue weighted by molar-refractivity contribution is -0.129. The molecule has 8 N–H and O–H groups in total. The fourth-order valence-corrected chi connectivity index (χ4v) is 11.8. The molecule has 25 nitrogen and oxygen atoms in total. The van der Waals surface area contributed by atoms with Crippen molar-refractivity contribution in [2.75, 3.05) is 93.6 Å². The zero-order chi connectivity index (χ0) is 51.4. The van der Waals surface area contributed by atoms with Gasteiger partial charge in [-0.05, 0) is 103 Å². The Balaban J connectivity index is 0.000000130. The first-order valence-corrected chi connectivity index (χ1v) is 26.0. The number of primary amides is 1. The largest absolute Gasteiger partial charge is 0.423 e. The molecule has 0 saturated carbocycles. The Hall–Kier alpha value is -5.82. The first kappa shape index (κ1) is 52.5. The molecule has 11 heterocycles. The Morgan fingerprint density at radius 3 is 1.62 bits per heavy atom. The van der Waals surface area contributed by atoms with E-state index in [9.17, 15) is 38.4 Å². The van der Waals surface area contributed by atoms with Crippen LogP contribution < -0.4 is 32.7 Å². The zero-order valence-corrected chi connectivity index (χ0v) is 42.3. The van der Waals surface area contributed by atoms with Crippen molar-refractivity contribution in [1.29, 1.82) is 0 Å². The number of Topliss-reactive ketones (excluding diaryl/α,β-unsaturated/α-hetero) is 1. The maximum Gasteiger partial charge on any atom is 0.320 e. The predicted octanol–water partition coefficient (Wildman–Crippen LogP) is -1.17. The predicted molar refractivity (Wildman–Crippen MR) is 260 cm³/mol. The Kier molecular flexibility index (Phi) is 16.7. The van der Waals surface area contributed by atoms with E-state index in [-0.39, 0.29) is 96.3 Å². The fraction of sp³-hybridized carbons (Fsp3) is 0.787. The van der Waals surface area contributed by atoms with Crippen LogP contribution in [0.4, 0.5) is 19.2 Å². The highest BCUT2D eigenvalue weighted by atomic mass is 16.4. The highest BCUT2D eigenvalue weighted by Gasteiger charge is 2.48. The number of ketones is 1. The van der Waals surface area contributed by atoms with Gasteiger partial charge in [0.15, 0.2) is 5.78 Å². The average Bonchev–Trinajstić information content (AvgIpc) is 4.26. The van der Waals surface area contributed by atoms with Gasteiger partial charge in [-0.15, -0.1) is 10.2 Å². The molecule has 10 saturated heterocycles. The number of amides is 11. The maximum absolute atomic E-state index is 12.4. The molecule has 72 heavy (non-hydrogen) atoms. The maximum atomic E-state index is 12.4. The van der Waals surface area contributed by atoms with Crippen LogP contribution in [0.25, 0.3) is 0 Å². The quantitative estimate of drug-likeness (QED) is 0.152. The van der Waals surface area contributed by atoms with Crippen molar-refractivity contribution in [3.8, 4) is 0 Å². The van der Waals surface area contributed by atoms with Crippen LogP contribution in [-0.4, -0.2) is 239 Å². The summed E-state index contributed by atoms with van der Waals surface area (Å²) in [6.45, 7) is 6.92. The van der Waals surface area contributed by atoms with Crippen LogP contribution in [0.5, 0.6) is 0 Å². The van der Waals surface area contributed by atoms with Gasteiger partial charge in [-0.3, -0.25) is 19.2 Å². The first-order valence-electron chi connectivity index (χ1n) is 26.0. The molecule has 0 unspecified atom stereocenters. The van der Waals surface area contributed by atoms with Crippen molar-refractivity contribution in [1.82, 2.24) is 70.7 Å². The Labute approximate surface area is 420 Å². The molecule has 25 heteroatoms. The van der Waals surface area contributed by atoms with Crippen LogP contribution in [-0.2, 0) is 25.6 Å². The van der Waals surface area contributed by atoms with Crippen molar-refractivity contribution in [2.24, 2.45) is 17.4 Å². The van der Waals surface area contributed by atoms with Crippen LogP contribution in [0.1, 0.15) is 94.9 Å². The van der Waals surface area contributed by atoms with Crippen LogP contribution in [0, 0.1) is 5.92 Å². The van der Waals surface area contributed by atoms with Crippen molar-refractivity contribution in [3.05, 3.63) is 11.8 Å². The van der Waals surface area contributed by atoms with Crippen molar-refractivity contribution in [3.63, 3.8) is 0 Å². The van der Waals surface area contributed by atoms with E-state index in [0.29, 0.717) is 75.9 Å². The molecule has 9 atom stereocenters. The number of hydrogen-bond acceptors (Lipinski definition) is 14. The lowest BCUT2D eigenvalue weighted by Crippen LogP contribution is -2.53. The second-order valence-electron chi connectivity index (χ2n) is 20.9. The number of nitrogens with two attached hydrogens (primary N) is 2. The van der Waals surface area contributed by atoms with E-state index in [1.165, 1.54) is 0 Å². The highest BCUT2D eigenvalue weighted by Crippen LogP contribution is 2.37. The molecule has 1 aromatic heterocycles. The number of fused-ring (bicyclic) bond motifs is 8. The normalized spacial score (nSPS) is 30.4. The molecule has 0 aromatic carbocycles. The van der Waals surface area contributed by atoms with Crippen LogP contribution >= 0.6 is 0 Å². The van der Waals surface area contributed by atoms with E-state index in [0.717, 1.165) is 90.4 Å². The lowest BCUT2D eigenvalue weighted by atomic mass is 9.99. The van der Waals surface area contributed by atoms with Gasteiger partial charge in [0, 0.05) is 79.3 Å². The van der Waals surface area contributed by atoms with Gasteiger partial charge in [0.2, 0.25) is 29.5 Å². The summed E-state index contributed by atoms with van der Waals surface area (Å²) in [6.07, 6.45) is 11.0. The molecule has 10 aliphatic rings. The Morgan fingerprint density at radius 1 is 0.611 bits per heavy atom. The number of nitrogens with zero attached hydrogens (tertiary/aromatic N) is 10. The monoisotopic (exact) mass is 1010 g/mol. The van der Waals surface area contributed by atoms with E-state index < -0.39 is 6.04 Å². The van der Waals surface area contributed by atoms with Crippen molar-refractivity contribution >= 4 is 47.6 Å². The number of aryl methyl sites for hydroxylation is 1. The van der Waals surface area contributed by atoms with Crippen LogP contribution in [0.3, 0.4) is 0 Å². The minimum absolute atomic E-state index is 0.00737. The van der Waals surface area contributed by atoms with Crippen LogP contribution in [0.15, 0.2) is 4.42 Å². The minimum atomic E-state index is -0.423. The Bertz CT molecular complexity index is 2170. The number of likely N-dealkylation sites (N-methyl/N-ethyl adjacent to an activating group) is 4. The molecule has 8 bridgehead atoms. The summed E-state index contributed by atoms with van der Waals surface area (Å²) >= 11 is 0. The number of carbonyl (C=O) groups excluding carboxylic acids is 8. The van der Waals surface area contributed by atoms with Gasteiger partial charge in [-0.25, -0.2) is 19.2 Å². The third-order valence-corrected chi connectivity index (χ3v) is 16.5. The van der Waals surface area contributed by atoms with E-state index in [1.54, 1.807) is 43.5 Å². The smallest absolute Gasteiger partial charge is 0.320 e. The lowest BCUT2D eigenvalue weighted by Gasteiger charge is -2.32. The van der Waals surface area contributed by atoms with Gasteiger partial charge >= 0.3 is 24.1 Å². The summed E-state index contributed by atoms with van der Waals surface area (Å²) in [5.74, 6) is 0.719. The zero-order valence-electron chi connectivity index (χ0n) is 42.3. The van der Waals surface area contributed by atoms with Gasteiger partial charge in [0.1, 0.15) is 24.2 Å². The summed E-state index contributed by atoms with van der Waals surface area (Å²) in [7, 11) is 7.25. The van der Waals surface area contributed by atoms with Gasteiger partial charge in [-0.2, -0.15) is 0 Å². The molecule has 11 rings (SSSR count). The average molecular weight is 1010 g/mol. The summed E-state index contributed by atoms with van der Waals surface area (Å²) in [5.41, 5.74) is 10.7. The number of nitrogens with one attached hydrogen (secondary N) is 4. The number of hydrogen-bond donors (Lipinski definition) is 6. The van der Waals surface area contributed by atoms with E-state index >= 15 is 0 Å². The van der Waals surface area contributed by atoms with Gasteiger partial charge in [-0.1, -0.05) is 0 Å².